The van der Waals surface area contributed by atoms with Gasteiger partial charge in [0.15, 0.2) is 5.69 Å². The minimum Gasteiger partial charge on any atom is -0.391 e. The maximum absolute atomic E-state index is 12.9. The Morgan fingerprint density at radius 2 is 2.04 bits per heavy atom. The van der Waals surface area contributed by atoms with Gasteiger partial charge in [-0.2, -0.15) is 0 Å². The topological polar surface area (TPSA) is 97.0 Å². The molecule has 1 unspecified atom stereocenters. The van der Waals surface area contributed by atoms with Gasteiger partial charge in [-0.3, -0.25) is 9.78 Å². The van der Waals surface area contributed by atoms with Crippen molar-refractivity contribution in [2.24, 2.45) is 0 Å². The highest BCUT2D eigenvalue weighted by Gasteiger charge is 2.25. The number of carbonyl (C=O) groups is 1. The number of hydrogen-bond acceptors (Lipinski definition) is 7. The Morgan fingerprint density at radius 1 is 1.29 bits per heavy atom. The Morgan fingerprint density at radius 3 is 2.71 bits per heavy atom. The summed E-state index contributed by atoms with van der Waals surface area (Å²) in [6.45, 7) is 7.56. The van der Waals surface area contributed by atoms with Gasteiger partial charge in [0.05, 0.1) is 21.3 Å². The summed E-state index contributed by atoms with van der Waals surface area (Å²) in [4.78, 5) is 28.0. The third kappa shape index (κ3) is 4.22. The van der Waals surface area contributed by atoms with Crippen LogP contribution in [0.3, 0.4) is 0 Å². The zero-order chi connectivity index (χ0) is 20.1. The third-order valence-electron chi connectivity index (χ3n) is 4.52. The predicted molar refractivity (Wildman–Crippen MR) is 115 cm³/mol. The van der Waals surface area contributed by atoms with Crippen molar-refractivity contribution in [3.05, 3.63) is 41.9 Å². The number of carbonyl (C=O) groups excluding carboxylic acids is 1. The minimum atomic E-state index is -0.0474. The summed E-state index contributed by atoms with van der Waals surface area (Å²) >= 11 is 1.36. The first-order valence-corrected chi connectivity index (χ1v) is 10.5. The van der Waals surface area contributed by atoms with Gasteiger partial charge in [-0.25, -0.2) is 9.97 Å². The van der Waals surface area contributed by atoms with E-state index in [2.05, 4.69) is 20.3 Å². The number of fused-ring (bicyclic) bond motifs is 1. The number of likely N-dealkylation sites (tertiary alicyclic amines) is 1. The molecule has 28 heavy (non-hydrogen) atoms. The molecule has 7 nitrogen and oxygen atoms in total. The Labute approximate surface area is 169 Å². The molecule has 1 aliphatic heterocycles. The summed E-state index contributed by atoms with van der Waals surface area (Å²) in [5.74, 6) is 0.378. The lowest BCUT2D eigenvalue weighted by Crippen LogP contribution is -2.28. The summed E-state index contributed by atoms with van der Waals surface area (Å²) in [5, 5.41) is 3.90. The van der Waals surface area contributed by atoms with Gasteiger partial charge in [-0.1, -0.05) is 19.9 Å². The van der Waals surface area contributed by atoms with E-state index in [1.807, 2.05) is 37.8 Å². The van der Waals surface area contributed by atoms with Gasteiger partial charge in [0.2, 0.25) is 5.95 Å². The van der Waals surface area contributed by atoms with Gasteiger partial charge in [0, 0.05) is 25.5 Å². The number of pyridine rings is 1. The van der Waals surface area contributed by atoms with E-state index >= 15 is 0 Å². The van der Waals surface area contributed by atoms with Crippen molar-refractivity contribution in [1.82, 2.24) is 19.9 Å². The Kier molecular flexibility index (Phi) is 6.41. The molecule has 8 heteroatoms. The SMILES string of the molecule is CC.CC(Nc1nc(C(=O)N2CCCC2)c2sc(N)cc2n1)c1cccnc1. The average molecular weight is 399 g/mol. The zero-order valence-corrected chi connectivity index (χ0v) is 17.3. The maximum atomic E-state index is 12.9. The molecule has 0 aliphatic carbocycles. The van der Waals surface area contributed by atoms with Crippen LogP contribution in [0.4, 0.5) is 10.9 Å². The highest BCUT2D eigenvalue weighted by Crippen LogP contribution is 2.31. The molecule has 1 amide bonds. The highest BCUT2D eigenvalue weighted by molar-refractivity contribution is 7.22. The van der Waals surface area contributed by atoms with E-state index in [1.54, 1.807) is 18.5 Å². The lowest BCUT2D eigenvalue weighted by atomic mass is 10.1. The maximum Gasteiger partial charge on any atom is 0.274 e. The molecular weight excluding hydrogens is 372 g/mol. The molecule has 3 aromatic heterocycles. The normalized spacial score (nSPS) is 14.5. The van der Waals surface area contributed by atoms with Crippen molar-refractivity contribution >= 4 is 38.4 Å². The van der Waals surface area contributed by atoms with Gasteiger partial charge in [0.1, 0.15) is 0 Å². The zero-order valence-electron chi connectivity index (χ0n) is 16.5. The van der Waals surface area contributed by atoms with Crippen molar-refractivity contribution in [1.29, 1.82) is 0 Å². The van der Waals surface area contributed by atoms with E-state index in [0.717, 1.165) is 36.2 Å². The molecule has 1 fully saturated rings. The van der Waals surface area contributed by atoms with E-state index in [4.69, 9.17) is 5.73 Å². The molecule has 4 heterocycles. The quantitative estimate of drug-likeness (QED) is 0.687. The number of nitrogens with zero attached hydrogens (tertiary/aromatic N) is 4. The number of thiophene rings is 1. The molecule has 1 atom stereocenters. The van der Waals surface area contributed by atoms with Crippen LogP contribution < -0.4 is 11.1 Å². The van der Waals surface area contributed by atoms with Crippen molar-refractivity contribution in [3.63, 3.8) is 0 Å². The van der Waals surface area contributed by atoms with Crippen LogP contribution in [-0.2, 0) is 0 Å². The summed E-state index contributed by atoms with van der Waals surface area (Å²) < 4.78 is 0.749. The van der Waals surface area contributed by atoms with E-state index < -0.39 is 0 Å². The van der Waals surface area contributed by atoms with Crippen LogP contribution in [0.15, 0.2) is 30.6 Å². The smallest absolute Gasteiger partial charge is 0.274 e. The molecule has 148 valence electrons. The van der Waals surface area contributed by atoms with Gasteiger partial charge in [0.25, 0.3) is 5.91 Å². The van der Waals surface area contributed by atoms with E-state index in [-0.39, 0.29) is 11.9 Å². The minimum absolute atomic E-state index is 0.0353. The van der Waals surface area contributed by atoms with Crippen LogP contribution in [0.5, 0.6) is 0 Å². The van der Waals surface area contributed by atoms with Crippen LogP contribution in [-0.4, -0.2) is 38.8 Å². The number of aromatic nitrogens is 3. The third-order valence-corrected chi connectivity index (χ3v) is 5.48. The number of rotatable bonds is 4. The van der Waals surface area contributed by atoms with Crippen LogP contribution in [0.25, 0.3) is 10.2 Å². The fourth-order valence-corrected chi connectivity index (χ4v) is 3.98. The second kappa shape index (κ2) is 8.97. The molecule has 3 N–H and O–H groups in total. The van der Waals surface area contributed by atoms with Crippen molar-refractivity contribution in [3.8, 4) is 0 Å². The fraction of sp³-hybridized carbons (Fsp3) is 0.400. The largest absolute Gasteiger partial charge is 0.391 e. The fourth-order valence-electron chi connectivity index (χ4n) is 3.14. The van der Waals surface area contributed by atoms with Crippen molar-refractivity contribution < 1.29 is 4.79 Å². The molecular formula is C20H26N6OS. The van der Waals surface area contributed by atoms with E-state index in [1.165, 1.54) is 11.3 Å². The van der Waals surface area contributed by atoms with Gasteiger partial charge in [-0.15, -0.1) is 11.3 Å². The number of nitrogens with one attached hydrogen (secondary N) is 1. The van der Waals surface area contributed by atoms with Crippen LogP contribution in [0, 0.1) is 0 Å². The van der Waals surface area contributed by atoms with Crippen molar-refractivity contribution in [2.45, 2.75) is 39.7 Å². The summed E-state index contributed by atoms with van der Waals surface area (Å²) in [5.41, 5.74) is 8.10. The molecule has 4 rings (SSSR count). The second-order valence-electron chi connectivity index (χ2n) is 6.41. The molecule has 0 bridgehead atoms. The number of amides is 1. The van der Waals surface area contributed by atoms with Crippen LogP contribution in [0.1, 0.15) is 55.7 Å². The first kappa shape index (κ1) is 20.0. The average Bonchev–Trinajstić information content (AvgIpc) is 3.38. The lowest BCUT2D eigenvalue weighted by molar-refractivity contribution is 0.0789. The molecule has 3 aromatic rings. The number of anilines is 2. The summed E-state index contributed by atoms with van der Waals surface area (Å²) in [6.07, 6.45) is 5.61. The first-order valence-electron chi connectivity index (χ1n) is 9.64. The number of nitrogens with two attached hydrogens (primary N) is 1. The summed E-state index contributed by atoms with van der Waals surface area (Å²) in [7, 11) is 0. The number of nitrogen functional groups attached to an aromatic ring is 1. The molecule has 0 saturated carbocycles. The Balaban J connectivity index is 0.00000109. The van der Waals surface area contributed by atoms with E-state index in [9.17, 15) is 4.79 Å². The monoisotopic (exact) mass is 398 g/mol. The summed E-state index contributed by atoms with van der Waals surface area (Å²) in [6, 6.07) is 5.64. The van der Waals surface area contributed by atoms with E-state index in [0.29, 0.717) is 22.2 Å². The standard InChI is InChI=1S/C18H20N6OS.C2H6/c1-11(12-5-4-6-20-10-12)21-18-22-13-9-14(19)26-16(13)15(23-18)17(25)24-7-2-3-8-24;1-2/h4-6,9-11H,2-3,7-8,19H2,1H3,(H,21,22,23);1-2H3. The highest BCUT2D eigenvalue weighted by atomic mass is 32.1. The van der Waals surface area contributed by atoms with Crippen LogP contribution >= 0.6 is 11.3 Å². The second-order valence-corrected chi connectivity index (χ2v) is 7.49. The van der Waals surface area contributed by atoms with Crippen LogP contribution in [0.2, 0.25) is 0 Å². The lowest BCUT2D eigenvalue weighted by Gasteiger charge is -2.17. The predicted octanol–water partition coefficient (Wildman–Crippen LogP) is 4.10. The van der Waals surface area contributed by atoms with Gasteiger partial charge < -0.3 is 16.0 Å². The molecule has 0 radical (unpaired) electrons. The van der Waals surface area contributed by atoms with Gasteiger partial charge >= 0.3 is 0 Å². The number of hydrogen-bond donors (Lipinski definition) is 2. The Hall–Kier alpha value is -2.74. The first-order chi connectivity index (χ1) is 13.6. The molecule has 1 aliphatic rings. The Bertz CT molecular complexity index is 937. The molecule has 0 aromatic carbocycles. The molecule has 0 spiro atoms. The van der Waals surface area contributed by atoms with Gasteiger partial charge in [-0.05, 0) is 37.5 Å². The van der Waals surface area contributed by atoms with Crippen molar-refractivity contribution in [2.75, 3.05) is 24.1 Å². The molecule has 1 saturated heterocycles.